The Hall–Kier alpha value is -1.70. The molecule has 0 unspecified atom stereocenters. The molecule has 1 aromatic heterocycles. The van der Waals surface area contributed by atoms with Gasteiger partial charge in [0.1, 0.15) is 5.78 Å². The zero-order valence-corrected chi connectivity index (χ0v) is 10.1. The Morgan fingerprint density at radius 3 is 2.94 bits per heavy atom. The highest BCUT2D eigenvalue weighted by Gasteiger charge is 2.04. The molecule has 0 saturated heterocycles. The Morgan fingerprint density at radius 1 is 1.24 bits per heavy atom. The lowest BCUT2D eigenvalue weighted by atomic mass is 10.0. The summed E-state index contributed by atoms with van der Waals surface area (Å²) < 4.78 is 0. The van der Waals surface area contributed by atoms with E-state index in [1.165, 1.54) is 10.9 Å². The van der Waals surface area contributed by atoms with Crippen LogP contribution in [0.4, 0.5) is 0 Å². The molecule has 2 rings (SSSR count). The lowest BCUT2D eigenvalue weighted by molar-refractivity contribution is -0.119. The number of benzene rings is 1. The molecule has 0 atom stereocenters. The van der Waals surface area contributed by atoms with E-state index in [0.29, 0.717) is 18.6 Å². The predicted octanol–water partition coefficient (Wildman–Crippen LogP) is 3.54. The maximum absolute atomic E-state index is 11.5. The minimum Gasteiger partial charge on any atom is -0.300 e. The van der Waals surface area contributed by atoms with Crippen molar-refractivity contribution in [3.05, 3.63) is 42.2 Å². The first-order valence-electron chi connectivity index (χ1n) is 6.14. The highest BCUT2D eigenvalue weighted by molar-refractivity contribution is 5.85. The second-order valence-electron chi connectivity index (χ2n) is 4.30. The van der Waals surface area contributed by atoms with Crippen molar-refractivity contribution in [1.29, 1.82) is 0 Å². The fraction of sp³-hybridized carbons (Fsp3) is 0.333. The van der Waals surface area contributed by atoms with Crippen LogP contribution >= 0.6 is 0 Å². The summed E-state index contributed by atoms with van der Waals surface area (Å²) in [4.78, 5) is 15.7. The number of aromatic nitrogens is 1. The zero-order valence-electron chi connectivity index (χ0n) is 10.1. The summed E-state index contributed by atoms with van der Waals surface area (Å²) in [5, 5.41) is 2.36. The van der Waals surface area contributed by atoms with Crippen molar-refractivity contribution in [2.45, 2.75) is 32.6 Å². The van der Waals surface area contributed by atoms with Crippen LogP contribution < -0.4 is 0 Å². The molecular formula is C15H17NO. The molecule has 2 aromatic rings. The number of ketones is 1. The van der Waals surface area contributed by atoms with Gasteiger partial charge in [0, 0.05) is 30.6 Å². The van der Waals surface area contributed by atoms with E-state index < -0.39 is 0 Å². The number of hydrogen-bond donors (Lipinski definition) is 0. The first-order valence-corrected chi connectivity index (χ1v) is 6.14. The minimum absolute atomic E-state index is 0.360. The number of nitrogens with zero attached hydrogens (tertiary/aromatic N) is 1. The molecule has 0 fully saturated rings. The molecule has 17 heavy (non-hydrogen) atoms. The average Bonchev–Trinajstić information content (AvgIpc) is 2.36. The largest absolute Gasteiger partial charge is 0.300 e. The number of carbonyl (C=O) groups excluding carboxylic acids is 1. The van der Waals surface area contributed by atoms with Crippen LogP contribution in [0.15, 0.2) is 36.7 Å². The Kier molecular flexibility index (Phi) is 3.86. The number of rotatable bonds is 5. The third-order valence-electron chi connectivity index (χ3n) is 2.97. The van der Waals surface area contributed by atoms with Gasteiger partial charge in [-0.2, -0.15) is 0 Å². The summed E-state index contributed by atoms with van der Waals surface area (Å²) in [7, 11) is 0. The van der Waals surface area contributed by atoms with Crippen LogP contribution in [-0.4, -0.2) is 10.8 Å². The van der Waals surface area contributed by atoms with Crippen LogP contribution in [-0.2, 0) is 11.2 Å². The molecule has 1 aromatic carbocycles. The standard InChI is InChI=1S/C15H17NO/c1-2-4-14(17)8-7-12-5-3-6-13-11-16-10-9-15(12)13/h3,5-6,9-11H,2,4,7-8H2,1H3. The SMILES string of the molecule is CCCC(=O)CCc1cccc2cnccc12. The quantitative estimate of drug-likeness (QED) is 0.782. The molecule has 0 aliphatic carbocycles. The molecular weight excluding hydrogens is 210 g/mol. The molecule has 2 nitrogen and oxygen atoms in total. The van der Waals surface area contributed by atoms with Gasteiger partial charge in [-0.05, 0) is 29.9 Å². The van der Waals surface area contributed by atoms with Crippen molar-refractivity contribution in [1.82, 2.24) is 4.98 Å². The van der Waals surface area contributed by atoms with Gasteiger partial charge in [-0.3, -0.25) is 9.78 Å². The van der Waals surface area contributed by atoms with Crippen molar-refractivity contribution in [2.75, 3.05) is 0 Å². The molecule has 0 aliphatic rings. The number of Topliss-reactive ketones (excluding diaryl/α,β-unsaturated/α-hetero) is 1. The third kappa shape index (κ3) is 2.90. The molecule has 0 amide bonds. The molecule has 1 heterocycles. The lowest BCUT2D eigenvalue weighted by Gasteiger charge is -2.05. The van der Waals surface area contributed by atoms with E-state index >= 15 is 0 Å². The van der Waals surface area contributed by atoms with Crippen molar-refractivity contribution in [3.63, 3.8) is 0 Å². The van der Waals surface area contributed by atoms with E-state index in [1.807, 2.05) is 25.3 Å². The Morgan fingerprint density at radius 2 is 2.12 bits per heavy atom. The predicted molar refractivity (Wildman–Crippen MR) is 70.0 cm³/mol. The van der Waals surface area contributed by atoms with E-state index in [9.17, 15) is 4.79 Å². The fourth-order valence-corrected chi connectivity index (χ4v) is 2.09. The van der Waals surface area contributed by atoms with Gasteiger partial charge in [0.05, 0.1) is 0 Å². The molecule has 0 radical (unpaired) electrons. The first-order chi connectivity index (χ1) is 8.31. The summed E-state index contributed by atoms with van der Waals surface area (Å²) in [5.41, 5.74) is 1.24. The van der Waals surface area contributed by atoms with Crippen molar-refractivity contribution in [3.8, 4) is 0 Å². The van der Waals surface area contributed by atoms with E-state index in [0.717, 1.165) is 18.2 Å². The van der Waals surface area contributed by atoms with Crippen molar-refractivity contribution >= 4 is 16.6 Å². The maximum atomic E-state index is 11.5. The van der Waals surface area contributed by atoms with Crippen LogP contribution in [0, 0.1) is 0 Å². The van der Waals surface area contributed by atoms with Crippen LogP contribution in [0.3, 0.4) is 0 Å². The first kappa shape index (κ1) is 11.8. The number of carbonyl (C=O) groups is 1. The summed E-state index contributed by atoms with van der Waals surface area (Å²) in [6.45, 7) is 2.04. The van der Waals surface area contributed by atoms with Gasteiger partial charge in [0.25, 0.3) is 0 Å². The van der Waals surface area contributed by atoms with E-state index in [4.69, 9.17) is 0 Å². The third-order valence-corrected chi connectivity index (χ3v) is 2.97. The number of aryl methyl sites for hydroxylation is 1. The zero-order chi connectivity index (χ0) is 12.1. The van der Waals surface area contributed by atoms with Gasteiger partial charge in [0.15, 0.2) is 0 Å². The van der Waals surface area contributed by atoms with Gasteiger partial charge in [-0.15, -0.1) is 0 Å². The molecule has 0 aliphatic heterocycles. The highest BCUT2D eigenvalue weighted by atomic mass is 16.1. The molecule has 2 heteroatoms. The van der Waals surface area contributed by atoms with Gasteiger partial charge < -0.3 is 0 Å². The average molecular weight is 227 g/mol. The fourth-order valence-electron chi connectivity index (χ4n) is 2.09. The topological polar surface area (TPSA) is 30.0 Å². The number of fused-ring (bicyclic) bond motifs is 1. The molecule has 0 saturated carbocycles. The van der Waals surface area contributed by atoms with Crippen LogP contribution in [0.25, 0.3) is 10.8 Å². The van der Waals surface area contributed by atoms with Crippen molar-refractivity contribution < 1.29 is 4.79 Å². The lowest BCUT2D eigenvalue weighted by Crippen LogP contribution is -1.99. The van der Waals surface area contributed by atoms with E-state index in [-0.39, 0.29) is 0 Å². The molecule has 88 valence electrons. The summed E-state index contributed by atoms with van der Waals surface area (Å²) in [5.74, 6) is 0.360. The second-order valence-corrected chi connectivity index (χ2v) is 4.30. The van der Waals surface area contributed by atoms with Gasteiger partial charge in [0.2, 0.25) is 0 Å². The van der Waals surface area contributed by atoms with Gasteiger partial charge >= 0.3 is 0 Å². The molecule has 0 spiro atoms. The minimum atomic E-state index is 0.360. The number of hydrogen-bond acceptors (Lipinski definition) is 2. The summed E-state index contributed by atoms with van der Waals surface area (Å²) in [6, 6.07) is 8.21. The Balaban J connectivity index is 2.16. The summed E-state index contributed by atoms with van der Waals surface area (Å²) in [6.07, 6.45) is 6.80. The normalized spacial score (nSPS) is 10.6. The second kappa shape index (κ2) is 5.58. The van der Waals surface area contributed by atoms with Crippen LogP contribution in [0.2, 0.25) is 0 Å². The Bertz CT molecular complexity index is 514. The van der Waals surface area contributed by atoms with Crippen LogP contribution in [0.1, 0.15) is 31.7 Å². The Labute approximate surface area is 102 Å². The summed E-state index contributed by atoms with van der Waals surface area (Å²) >= 11 is 0. The number of pyridine rings is 1. The smallest absolute Gasteiger partial charge is 0.133 e. The van der Waals surface area contributed by atoms with Gasteiger partial charge in [-0.25, -0.2) is 0 Å². The molecule has 0 bridgehead atoms. The molecule has 0 N–H and O–H groups in total. The van der Waals surface area contributed by atoms with E-state index in [2.05, 4.69) is 17.1 Å². The van der Waals surface area contributed by atoms with Gasteiger partial charge in [-0.1, -0.05) is 25.1 Å². The monoisotopic (exact) mass is 227 g/mol. The maximum Gasteiger partial charge on any atom is 0.133 e. The van der Waals surface area contributed by atoms with Crippen molar-refractivity contribution in [2.24, 2.45) is 0 Å². The van der Waals surface area contributed by atoms with Crippen LogP contribution in [0.5, 0.6) is 0 Å². The highest BCUT2D eigenvalue weighted by Crippen LogP contribution is 2.19. The van der Waals surface area contributed by atoms with E-state index in [1.54, 1.807) is 6.20 Å².